The minimum Gasteiger partial charge on any atom is -0.394 e. The van der Waals surface area contributed by atoms with Gasteiger partial charge in [-0.1, -0.05) is 30.3 Å². The smallest absolute Gasteiger partial charge is 0.242 e. The first-order chi connectivity index (χ1) is 11.7. The summed E-state index contributed by atoms with van der Waals surface area (Å²) >= 11 is 5.67. The number of morpholine rings is 1. The van der Waals surface area contributed by atoms with Crippen molar-refractivity contribution in [2.75, 3.05) is 19.8 Å². The van der Waals surface area contributed by atoms with Gasteiger partial charge in [0.1, 0.15) is 11.9 Å². The first-order valence-corrected chi connectivity index (χ1v) is 8.20. The Morgan fingerprint density at radius 1 is 1.42 bits per heavy atom. The van der Waals surface area contributed by atoms with Gasteiger partial charge in [0, 0.05) is 19.4 Å². The molecule has 0 aliphatic carbocycles. The van der Waals surface area contributed by atoms with Crippen LogP contribution in [0.1, 0.15) is 23.9 Å². The highest BCUT2D eigenvalue weighted by Crippen LogP contribution is 2.30. The summed E-state index contributed by atoms with van der Waals surface area (Å²) < 4.78 is 5.65. The second-order valence-electron chi connectivity index (χ2n) is 5.59. The first-order valence-electron chi connectivity index (χ1n) is 7.82. The average molecular weight is 351 g/mol. The molecule has 1 aliphatic rings. The van der Waals surface area contributed by atoms with Gasteiger partial charge < -0.3 is 14.7 Å². The van der Waals surface area contributed by atoms with Gasteiger partial charge in [-0.3, -0.25) is 9.89 Å². The number of rotatable bonds is 5. The second kappa shape index (κ2) is 7.74. The highest BCUT2D eigenvalue weighted by Gasteiger charge is 2.35. The molecule has 2 atom stereocenters. The van der Waals surface area contributed by atoms with Gasteiger partial charge in [0.15, 0.2) is 0 Å². The molecule has 3 rings (SSSR count). The maximum Gasteiger partial charge on any atom is 0.242 e. The molecule has 2 N–H and O–H groups in total. The van der Waals surface area contributed by atoms with Gasteiger partial charge in [-0.15, -0.1) is 5.10 Å². The largest absolute Gasteiger partial charge is 0.394 e. The molecule has 0 saturated carbocycles. The van der Waals surface area contributed by atoms with Crippen molar-refractivity contribution in [3.63, 3.8) is 0 Å². The van der Waals surface area contributed by atoms with Crippen LogP contribution >= 0.6 is 11.6 Å². The summed E-state index contributed by atoms with van der Waals surface area (Å²) in [5, 5.41) is 16.2. The number of carbonyl (C=O) groups is 1. The number of aromatic amines is 1. The van der Waals surface area contributed by atoms with E-state index >= 15 is 0 Å². The maximum absolute atomic E-state index is 12.7. The Morgan fingerprint density at radius 2 is 2.21 bits per heavy atom. The summed E-state index contributed by atoms with van der Waals surface area (Å²) in [6.45, 7) is 0.765. The summed E-state index contributed by atoms with van der Waals surface area (Å²) in [6, 6.07) is 9.34. The van der Waals surface area contributed by atoms with Crippen molar-refractivity contribution >= 4 is 17.5 Å². The van der Waals surface area contributed by atoms with Crippen molar-refractivity contribution in [1.82, 2.24) is 20.1 Å². The fourth-order valence-corrected chi connectivity index (χ4v) is 3.11. The topological polar surface area (TPSA) is 91.3 Å². The van der Waals surface area contributed by atoms with E-state index in [1.807, 2.05) is 30.3 Å². The van der Waals surface area contributed by atoms with Gasteiger partial charge >= 0.3 is 0 Å². The predicted octanol–water partition coefficient (Wildman–Crippen LogP) is 1.35. The number of H-pyrrole nitrogens is 1. The van der Waals surface area contributed by atoms with E-state index in [-0.39, 0.29) is 30.3 Å². The summed E-state index contributed by atoms with van der Waals surface area (Å²) in [4.78, 5) is 18.5. The number of amides is 1. The van der Waals surface area contributed by atoms with Gasteiger partial charge in [-0.25, -0.2) is 4.98 Å². The van der Waals surface area contributed by atoms with Crippen LogP contribution in [0.25, 0.3) is 0 Å². The van der Waals surface area contributed by atoms with Gasteiger partial charge in [0.25, 0.3) is 0 Å². The predicted molar refractivity (Wildman–Crippen MR) is 87.4 cm³/mol. The molecule has 1 aromatic carbocycles. The van der Waals surface area contributed by atoms with Crippen molar-refractivity contribution in [2.24, 2.45) is 0 Å². The van der Waals surface area contributed by atoms with Crippen LogP contribution in [0, 0.1) is 0 Å². The molecule has 0 radical (unpaired) electrons. The Hall–Kier alpha value is -1.96. The molecule has 1 amide bonds. The van der Waals surface area contributed by atoms with Crippen molar-refractivity contribution in [2.45, 2.75) is 25.0 Å². The van der Waals surface area contributed by atoms with E-state index in [9.17, 15) is 9.90 Å². The Morgan fingerprint density at radius 3 is 2.88 bits per heavy atom. The molecule has 1 aromatic heterocycles. The summed E-state index contributed by atoms with van der Waals surface area (Å²) in [5.74, 6) is 0.565. The van der Waals surface area contributed by atoms with Crippen LogP contribution in [0.3, 0.4) is 0 Å². The lowest BCUT2D eigenvalue weighted by molar-refractivity contribution is -0.150. The van der Waals surface area contributed by atoms with Crippen molar-refractivity contribution in [3.05, 3.63) is 47.0 Å². The number of carbonyl (C=O) groups excluding carboxylic acids is 1. The number of aliphatic hydroxyl groups is 1. The standard InChI is InChI=1S/C16H19ClN4O3/c17-16-18-13(19-20-16)6-7-14(23)21-8-9-24-12(10-22)15(21)11-4-2-1-3-5-11/h1-5,12,15,22H,6-10H2,(H,18,19,20)/t12-,15-/m0/s1. The highest BCUT2D eigenvalue weighted by molar-refractivity contribution is 6.28. The molecule has 24 heavy (non-hydrogen) atoms. The molecule has 128 valence electrons. The van der Waals surface area contributed by atoms with E-state index in [1.165, 1.54) is 0 Å². The van der Waals surface area contributed by atoms with Crippen LogP contribution in [0.4, 0.5) is 0 Å². The molecule has 0 bridgehead atoms. The number of nitrogens with zero attached hydrogens (tertiary/aromatic N) is 3. The monoisotopic (exact) mass is 350 g/mol. The van der Waals surface area contributed by atoms with E-state index in [0.29, 0.717) is 25.4 Å². The number of ether oxygens (including phenoxy) is 1. The lowest BCUT2D eigenvalue weighted by Crippen LogP contribution is -2.49. The molecule has 2 heterocycles. The fraction of sp³-hybridized carbons (Fsp3) is 0.438. The fourth-order valence-electron chi connectivity index (χ4n) is 2.96. The Bertz CT molecular complexity index is 679. The van der Waals surface area contributed by atoms with Crippen LogP contribution < -0.4 is 0 Å². The molecule has 1 aliphatic heterocycles. The number of hydrogen-bond donors (Lipinski definition) is 2. The molecule has 8 heteroatoms. The highest BCUT2D eigenvalue weighted by atomic mass is 35.5. The number of hydrogen-bond acceptors (Lipinski definition) is 5. The number of aliphatic hydroxyl groups excluding tert-OH is 1. The average Bonchev–Trinajstić information content (AvgIpc) is 3.05. The number of aromatic nitrogens is 3. The second-order valence-corrected chi connectivity index (χ2v) is 5.92. The Kier molecular flexibility index (Phi) is 5.44. The number of nitrogens with one attached hydrogen (secondary N) is 1. The number of aryl methyl sites for hydroxylation is 1. The van der Waals surface area contributed by atoms with E-state index in [2.05, 4.69) is 15.2 Å². The molecule has 7 nitrogen and oxygen atoms in total. The minimum atomic E-state index is -0.426. The Labute approximate surface area is 144 Å². The zero-order chi connectivity index (χ0) is 16.9. The number of benzene rings is 1. The molecule has 0 unspecified atom stereocenters. The van der Waals surface area contributed by atoms with Crippen molar-refractivity contribution in [3.8, 4) is 0 Å². The zero-order valence-corrected chi connectivity index (χ0v) is 13.8. The zero-order valence-electron chi connectivity index (χ0n) is 13.1. The van der Waals surface area contributed by atoms with Crippen LogP contribution in [0.5, 0.6) is 0 Å². The molecular weight excluding hydrogens is 332 g/mol. The maximum atomic E-state index is 12.7. The molecule has 1 saturated heterocycles. The minimum absolute atomic E-state index is 0.0156. The van der Waals surface area contributed by atoms with Gasteiger partial charge in [0.2, 0.25) is 11.2 Å². The quantitative estimate of drug-likeness (QED) is 0.849. The molecule has 1 fully saturated rings. The van der Waals surface area contributed by atoms with Gasteiger partial charge in [0.05, 0.1) is 19.3 Å². The third-order valence-electron chi connectivity index (χ3n) is 4.07. The van der Waals surface area contributed by atoms with E-state index < -0.39 is 6.10 Å². The summed E-state index contributed by atoms with van der Waals surface area (Å²) in [7, 11) is 0. The third kappa shape index (κ3) is 3.75. The normalized spacial score (nSPS) is 21.0. The van der Waals surface area contributed by atoms with Crippen LogP contribution in [0.15, 0.2) is 30.3 Å². The first kappa shape index (κ1) is 16.9. The van der Waals surface area contributed by atoms with E-state index in [1.54, 1.807) is 4.90 Å². The van der Waals surface area contributed by atoms with Gasteiger partial charge in [-0.05, 0) is 17.2 Å². The molecular formula is C16H19ClN4O3. The summed E-state index contributed by atoms with van der Waals surface area (Å²) in [5.41, 5.74) is 0.951. The van der Waals surface area contributed by atoms with Crippen molar-refractivity contribution in [1.29, 1.82) is 0 Å². The van der Waals surface area contributed by atoms with E-state index in [4.69, 9.17) is 16.3 Å². The summed E-state index contributed by atoms with van der Waals surface area (Å²) in [6.07, 6.45) is 0.290. The van der Waals surface area contributed by atoms with Gasteiger partial charge in [-0.2, -0.15) is 0 Å². The lowest BCUT2D eigenvalue weighted by Gasteiger charge is -2.41. The Balaban J connectivity index is 1.74. The number of halogens is 1. The van der Waals surface area contributed by atoms with Crippen LogP contribution in [0.2, 0.25) is 5.28 Å². The molecule has 0 spiro atoms. The molecule has 2 aromatic rings. The SMILES string of the molecule is O=C(CCc1nc(Cl)n[nH]1)N1CCO[C@@H](CO)[C@@H]1c1ccccc1. The lowest BCUT2D eigenvalue weighted by atomic mass is 9.98. The van der Waals surface area contributed by atoms with Crippen LogP contribution in [-0.4, -0.2) is 57.0 Å². The van der Waals surface area contributed by atoms with Crippen molar-refractivity contribution < 1.29 is 14.6 Å². The van der Waals surface area contributed by atoms with E-state index in [0.717, 1.165) is 5.56 Å². The van der Waals surface area contributed by atoms with Crippen LogP contribution in [-0.2, 0) is 16.0 Å². The third-order valence-corrected chi connectivity index (χ3v) is 4.24.